The van der Waals surface area contributed by atoms with Crippen LogP contribution in [0.1, 0.15) is 12.5 Å². The highest BCUT2D eigenvalue weighted by Crippen LogP contribution is 2.27. The number of esters is 1. The summed E-state index contributed by atoms with van der Waals surface area (Å²) in [4.78, 5) is 23.9. The van der Waals surface area contributed by atoms with Crippen LogP contribution in [-0.4, -0.2) is 28.6 Å². The Labute approximate surface area is 161 Å². The molecule has 6 heteroatoms. The van der Waals surface area contributed by atoms with Gasteiger partial charge in [0.05, 0.1) is 18.5 Å². The summed E-state index contributed by atoms with van der Waals surface area (Å²) in [6.07, 6.45) is 3.27. The third kappa shape index (κ3) is 4.15. The largest absolute Gasteiger partial charge is 0.465 e. The number of carbonyl (C=O) groups is 2. The Morgan fingerprint density at radius 1 is 1.07 bits per heavy atom. The van der Waals surface area contributed by atoms with Crippen LogP contribution in [0.25, 0.3) is 23.0 Å². The predicted octanol–water partition coefficient (Wildman–Crippen LogP) is 4.34. The molecule has 3 aromatic rings. The highest BCUT2D eigenvalue weighted by Gasteiger charge is 2.18. The molecule has 0 N–H and O–H groups in total. The second kappa shape index (κ2) is 8.01. The number of hydrogen-bond acceptors (Lipinski definition) is 4. The zero-order valence-electron chi connectivity index (χ0n) is 14.8. The van der Waals surface area contributed by atoms with Gasteiger partial charge in [0.25, 0.3) is 0 Å². The second-order valence-electron chi connectivity index (χ2n) is 5.83. The molecular formula is C21H17ClN2O3. The van der Waals surface area contributed by atoms with E-state index in [0.29, 0.717) is 16.3 Å². The number of aromatic nitrogens is 2. The second-order valence-corrected chi connectivity index (χ2v) is 6.26. The van der Waals surface area contributed by atoms with Crippen LogP contribution in [0.5, 0.6) is 0 Å². The van der Waals surface area contributed by atoms with E-state index >= 15 is 0 Å². The molecule has 136 valence electrons. The van der Waals surface area contributed by atoms with Crippen molar-refractivity contribution in [3.05, 3.63) is 77.0 Å². The molecule has 0 aliphatic heterocycles. The quantitative estimate of drug-likeness (QED) is 0.286. The standard InChI is InChI=1S/C21H17ClN2O3/c1-14(25)19(21(26)27-2)12-16-13-24(18-6-4-3-5-7-18)23-20(16)15-8-10-17(22)11-9-15/h3-13H,1-2H3/b19-12+. The van der Waals surface area contributed by atoms with E-state index in [1.54, 1.807) is 23.0 Å². The van der Waals surface area contributed by atoms with Crippen LogP contribution in [0.4, 0.5) is 0 Å². The molecule has 0 atom stereocenters. The number of ketones is 1. The van der Waals surface area contributed by atoms with Crippen LogP contribution in [0.15, 0.2) is 66.4 Å². The van der Waals surface area contributed by atoms with Crippen LogP contribution in [0.3, 0.4) is 0 Å². The normalized spacial score (nSPS) is 11.3. The van der Waals surface area contributed by atoms with E-state index in [-0.39, 0.29) is 11.4 Å². The molecule has 2 aromatic carbocycles. The fraction of sp³-hybridized carbons (Fsp3) is 0.0952. The Balaban J connectivity index is 2.18. The number of para-hydroxylation sites is 1. The van der Waals surface area contributed by atoms with Crippen molar-refractivity contribution in [3.8, 4) is 16.9 Å². The first-order chi connectivity index (χ1) is 13.0. The third-order valence-electron chi connectivity index (χ3n) is 3.97. The molecule has 0 spiro atoms. The van der Waals surface area contributed by atoms with Crippen molar-refractivity contribution in [2.24, 2.45) is 0 Å². The monoisotopic (exact) mass is 380 g/mol. The smallest absolute Gasteiger partial charge is 0.341 e. The van der Waals surface area contributed by atoms with E-state index < -0.39 is 5.97 Å². The summed E-state index contributed by atoms with van der Waals surface area (Å²) in [7, 11) is 1.24. The van der Waals surface area contributed by atoms with Gasteiger partial charge in [-0.3, -0.25) is 4.79 Å². The van der Waals surface area contributed by atoms with E-state index in [2.05, 4.69) is 5.10 Å². The van der Waals surface area contributed by atoms with Crippen molar-refractivity contribution < 1.29 is 14.3 Å². The first kappa shape index (κ1) is 18.6. The van der Waals surface area contributed by atoms with Crippen molar-refractivity contribution in [3.63, 3.8) is 0 Å². The van der Waals surface area contributed by atoms with E-state index in [1.807, 2.05) is 42.5 Å². The zero-order valence-corrected chi connectivity index (χ0v) is 15.6. The van der Waals surface area contributed by atoms with Gasteiger partial charge >= 0.3 is 5.97 Å². The molecule has 5 nitrogen and oxygen atoms in total. The van der Waals surface area contributed by atoms with Gasteiger partial charge in [-0.15, -0.1) is 0 Å². The molecule has 0 amide bonds. The summed E-state index contributed by atoms with van der Waals surface area (Å²) < 4.78 is 6.43. The topological polar surface area (TPSA) is 61.2 Å². The molecule has 1 aromatic heterocycles. The lowest BCUT2D eigenvalue weighted by Gasteiger charge is -2.02. The Morgan fingerprint density at radius 3 is 2.33 bits per heavy atom. The summed E-state index contributed by atoms with van der Waals surface area (Å²) >= 11 is 5.98. The molecule has 0 aliphatic carbocycles. The minimum absolute atomic E-state index is 0.0414. The van der Waals surface area contributed by atoms with Gasteiger partial charge < -0.3 is 4.74 Å². The molecule has 0 saturated heterocycles. The SMILES string of the molecule is COC(=O)/C(=C/c1cn(-c2ccccc2)nc1-c1ccc(Cl)cc1)C(C)=O. The summed E-state index contributed by atoms with van der Waals surface area (Å²) in [5.74, 6) is -1.06. The van der Waals surface area contributed by atoms with Crippen LogP contribution in [0, 0.1) is 0 Å². The molecule has 0 saturated carbocycles. The molecule has 0 fully saturated rings. The van der Waals surface area contributed by atoms with Gasteiger partial charge in [-0.2, -0.15) is 5.10 Å². The van der Waals surface area contributed by atoms with Crippen molar-refractivity contribution >= 4 is 29.4 Å². The van der Waals surface area contributed by atoms with Gasteiger partial charge in [0.15, 0.2) is 5.78 Å². The first-order valence-electron chi connectivity index (χ1n) is 8.21. The van der Waals surface area contributed by atoms with Gasteiger partial charge in [0, 0.05) is 22.3 Å². The van der Waals surface area contributed by atoms with Gasteiger partial charge in [-0.1, -0.05) is 41.9 Å². The van der Waals surface area contributed by atoms with Crippen molar-refractivity contribution in [1.29, 1.82) is 0 Å². The summed E-state index contributed by atoms with van der Waals surface area (Å²) in [5, 5.41) is 5.25. The molecule has 3 rings (SSSR count). The number of ether oxygens (including phenoxy) is 1. The number of benzene rings is 2. The number of nitrogens with zero attached hydrogens (tertiary/aromatic N) is 2. The van der Waals surface area contributed by atoms with Gasteiger partial charge in [-0.05, 0) is 37.3 Å². The number of Topliss-reactive ketones (excluding diaryl/α,β-unsaturated/α-hetero) is 1. The maximum atomic E-state index is 12.0. The predicted molar refractivity (Wildman–Crippen MR) is 105 cm³/mol. The number of hydrogen-bond donors (Lipinski definition) is 0. The van der Waals surface area contributed by atoms with Crippen LogP contribution in [0.2, 0.25) is 5.02 Å². The third-order valence-corrected chi connectivity index (χ3v) is 4.22. The average molecular weight is 381 g/mol. The average Bonchev–Trinajstić information content (AvgIpc) is 3.10. The lowest BCUT2D eigenvalue weighted by atomic mass is 10.0. The summed E-state index contributed by atoms with van der Waals surface area (Å²) in [6.45, 7) is 1.33. The Kier molecular flexibility index (Phi) is 5.52. The molecule has 1 heterocycles. The van der Waals surface area contributed by atoms with Crippen LogP contribution in [-0.2, 0) is 14.3 Å². The van der Waals surface area contributed by atoms with Crippen LogP contribution < -0.4 is 0 Å². The summed E-state index contributed by atoms with van der Waals surface area (Å²) in [6, 6.07) is 16.8. The maximum absolute atomic E-state index is 12.0. The van der Waals surface area contributed by atoms with Crippen molar-refractivity contribution in [1.82, 2.24) is 9.78 Å². The fourth-order valence-corrected chi connectivity index (χ4v) is 2.73. The number of methoxy groups -OCH3 is 1. The minimum atomic E-state index is -0.683. The summed E-state index contributed by atoms with van der Waals surface area (Å²) in [5.41, 5.74) is 2.87. The zero-order chi connectivity index (χ0) is 19.4. The van der Waals surface area contributed by atoms with Gasteiger partial charge in [0.2, 0.25) is 0 Å². The van der Waals surface area contributed by atoms with E-state index in [1.165, 1.54) is 20.1 Å². The molecular weight excluding hydrogens is 364 g/mol. The van der Waals surface area contributed by atoms with Crippen LogP contribution >= 0.6 is 11.6 Å². The Bertz CT molecular complexity index is 1010. The van der Waals surface area contributed by atoms with Crippen molar-refractivity contribution in [2.75, 3.05) is 7.11 Å². The van der Waals surface area contributed by atoms with E-state index in [4.69, 9.17) is 16.3 Å². The number of rotatable bonds is 5. The molecule has 27 heavy (non-hydrogen) atoms. The molecule has 0 unspecified atom stereocenters. The number of carbonyl (C=O) groups excluding carboxylic acids is 2. The lowest BCUT2D eigenvalue weighted by molar-refractivity contribution is -0.137. The molecule has 0 radical (unpaired) electrons. The van der Waals surface area contributed by atoms with Gasteiger partial charge in [0.1, 0.15) is 5.57 Å². The highest BCUT2D eigenvalue weighted by atomic mass is 35.5. The molecule has 0 bridgehead atoms. The molecule has 0 aliphatic rings. The Morgan fingerprint density at radius 2 is 1.74 bits per heavy atom. The number of halogens is 1. The van der Waals surface area contributed by atoms with Crippen molar-refractivity contribution in [2.45, 2.75) is 6.92 Å². The maximum Gasteiger partial charge on any atom is 0.341 e. The highest BCUT2D eigenvalue weighted by molar-refractivity contribution is 6.30. The Hall–Kier alpha value is -3.18. The lowest BCUT2D eigenvalue weighted by Crippen LogP contribution is -2.11. The minimum Gasteiger partial charge on any atom is -0.465 e. The fourth-order valence-electron chi connectivity index (χ4n) is 2.61. The van der Waals surface area contributed by atoms with E-state index in [0.717, 1.165) is 11.3 Å². The van der Waals surface area contributed by atoms with E-state index in [9.17, 15) is 9.59 Å². The van der Waals surface area contributed by atoms with Gasteiger partial charge in [-0.25, -0.2) is 9.48 Å². The first-order valence-corrected chi connectivity index (χ1v) is 8.59.